The number of aliphatic carboxylic acids is 1. The van der Waals surface area contributed by atoms with Crippen molar-refractivity contribution < 1.29 is 19.0 Å². The van der Waals surface area contributed by atoms with Gasteiger partial charge >= 0.3 is 5.97 Å². The quantitative estimate of drug-likeness (QED) is 0.612. The van der Waals surface area contributed by atoms with Crippen LogP contribution in [0.4, 0.5) is 4.39 Å². The Kier molecular flexibility index (Phi) is 11.6. The molecule has 1 fully saturated rings. The molecule has 0 saturated carbocycles. The number of likely N-dealkylation sites (tertiary alicyclic amines) is 1. The van der Waals surface area contributed by atoms with Crippen LogP contribution in [0.3, 0.4) is 0 Å². The van der Waals surface area contributed by atoms with Gasteiger partial charge in [-0.25, -0.2) is 0 Å². The highest BCUT2D eigenvalue weighted by atomic mass is 19.1. The summed E-state index contributed by atoms with van der Waals surface area (Å²) in [7, 11) is 0.500. The van der Waals surface area contributed by atoms with Crippen LogP contribution in [0, 0.1) is 5.92 Å². The molecular weight excluding hydrogens is 297 g/mol. The number of rotatable bonds is 7. The fourth-order valence-corrected chi connectivity index (χ4v) is 2.14. The molecule has 23 heavy (non-hydrogen) atoms. The Morgan fingerprint density at radius 2 is 1.87 bits per heavy atom. The molecule has 0 amide bonds. The topological polar surface area (TPSA) is 49.8 Å². The molecule has 0 spiro atoms. The van der Waals surface area contributed by atoms with Crippen LogP contribution in [0.15, 0.2) is 37.4 Å². The summed E-state index contributed by atoms with van der Waals surface area (Å²) in [6.07, 6.45) is 2.21. The minimum Gasteiger partial charge on any atom is -0.494 e. The largest absolute Gasteiger partial charge is 0.494 e. The SMILES string of the molecule is C=C.CCCCOc1ccc(CN2CC(C(=O)O)C2)cc1.CF. The number of halogens is 1. The normalized spacial score (nSPS) is 13.7. The van der Waals surface area contributed by atoms with Crippen molar-refractivity contribution in [1.29, 1.82) is 0 Å². The highest BCUT2D eigenvalue weighted by Gasteiger charge is 2.31. The average Bonchev–Trinajstić information content (AvgIpc) is 2.55. The summed E-state index contributed by atoms with van der Waals surface area (Å²) in [5, 5.41) is 8.81. The molecule has 0 aromatic heterocycles. The molecule has 1 saturated heterocycles. The maximum Gasteiger partial charge on any atom is 0.309 e. The molecule has 1 N–H and O–H groups in total. The first-order valence-corrected chi connectivity index (χ1v) is 7.73. The van der Waals surface area contributed by atoms with Crippen LogP contribution in [-0.2, 0) is 11.3 Å². The summed E-state index contributed by atoms with van der Waals surface area (Å²) in [5.74, 6) is 0.0387. The lowest BCUT2D eigenvalue weighted by molar-refractivity contribution is -0.147. The zero-order valence-corrected chi connectivity index (χ0v) is 14.1. The van der Waals surface area contributed by atoms with Crippen LogP contribution in [0.1, 0.15) is 25.3 Å². The molecule has 4 nitrogen and oxygen atoms in total. The number of carboxylic acids is 1. The molecule has 1 heterocycles. The summed E-state index contributed by atoms with van der Waals surface area (Å²) in [5.41, 5.74) is 1.20. The van der Waals surface area contributed by atoms with E-state index in [-0.39, 0.29) is 5.92 Å². The van der Waals surface area contributed by atoms with E-state index in [1.54, 1.807) is 0 Å². The Morgan fingerprint density at radius 1 is 1.30 bits per heavy atom. The van der Waals surface area contributed by atoms with Crippen molar-refractivity contribution in [1.82, 2.24) is 4.90 Å². The maximum atomic E-state index is 10.7. The van der Waals surface area contributed by atoms with Gasteiger partial charge in [0, 0.05) is 19.6 Å². The molecule has 0 bridgehead atoms. The van der Waals surface area contributed by atoms with Gasteiger partial charge in [-0.2, -0.15) is 0 Å². The van der Waals surface area contributed by atoms with Gasteiger partial charge in [-0.3, -0.25) is 14.1 Å². The Morgan fingerprint density at radius 3 is 2.35 bits per heavy atom. The second-order valence-corrected chi connectivity index (χ2v) is 5.08. The van der Waals surface area contributed by atoms with Crippen LogP contribution in [-0.4, -0.2) is 42.8 Å². The summed E-state index contributed by atoms with van der Waals surface area (Å²) in [6, 6.07) is 8.07. The average molecular weight is 325 g/mol. The second kappa shape index (κ2) is 12.6. The van der Waals surface area contributed by atoms with Gasteiger partial charge in [-0.15, -0.1) is 13.2 Å². The highest BCUT2D eigenvalue weighted by molar-refractivity contribution is 5.71. The Labute approximate surface area is 138 Å². The van der Waals surface area contributed by atoms with Crippen molar-refractivity contribution in [2.45, 2.75) is 26.3 Å². The summed E-state index contributed by atoms with van der Waals surface area (Å²) in [6.45, 7) is 11.0. The molecule has 0 aliphatic carbocycles. The van der Waals surface area contributed by atoms with E-state index in [1.165, 1.54) is 5.56 Å². The van der Waals surface area contributed by atoms with Gasteiger partial charge < -0.3 is 9.84 Å². The standard InChI is InChI=1S/C15H21NO3.C2H4.CH3F/c1-2-3-8-19-14-6-4-12(5-7-14)9-16-10-13(11-16)15(17)18;2*1-2/h4-7,13H,2-3,8-11H2,1H3,(H,17,18);1-2H2;1H3. The van der Waals surface area contributed by atoms with E-state index in [9.17, 15) is 9.18 Å². The minimum atomic E-state index is -0.684. The van der Waals surface area contributed by atoms with Crippen molar-refractivity contribution in [2.24, 2.45) is 5.92 Å². The van der Waals surface area contributed by atoms with Gasteiger partial charge in [0.2, 0.25) is 0 Å². The van der Waals surface area contributed by atoms with Gasteiger partial charge in [0.25, 0.3) is 0 Å². The molecule has 2 rings (SSSR count). The van der Waals surface area contributed by atoms with Crippen LogP contribution < -0.4 is 4.74 Å². The van der Waals surface area contributed by atoms with Crippen LogP contribution >= 0.6 is 0 Å². The fourth-order valence-electron chi connectivity index (χ4n) is 2.14. The number of unbranched alkanes of at least 4 members (excludes halogenated alkanes) is 1. The molecule has 5 heteroatoms. The summed E-state index contributed by atoms with van der Waals surface area (Å²) < 4.78 is 15.1. The van der Waals surface area contributed by atoms with E-state index in [1.807, 2.05) is 12.1 Å². The first-order valence-electron chi connectivity index (χ1n) is 7.73. The van der Waals surface area contributed by atoms with Crippen LogP contribution in [0.2, 0.25) is 0 Å². The van der Waals surface area contributed by atoms with Crippen LogP contribution in [0.5, 0.6) is 5.75 Å². The zero-order chi connectivity index (χ0) is 17.7. The van der Waals surface area contributed by atoms with Gasteiger partial charge in [-0.05, 0) is 24.1 Å². The number of alkyl halides is 1. The van der Waals surface area contributed by atoms with E-state index in [0.29, 0.717) is 20.3 Å². The van der Waals surface area contributed by atoms with Crippen molar-refractivity contribution in [3.63, 3.8) is 0 Å². The van der Waals surface area contributed by atoms with Crippen molar-refractivity contribution in [2.75, 3.05) is 26.9 Å². The van der Waals surface area contributed by atoms with E-state index < -0.39 is 5.97 Å². The smallest absolute Gasteiger partial charge is 0.309 e. The van der Waals surface area contributed by atoms with Crippen LogP contribution in [0.25, 0.3) is 0 Å². The molecule has 0 atom stereocenters. The fraction of sp³-hybridized carbons (Fsp3) is 0.500. The molecule has 0 radical (unpaired) electrons. The van der Waals surface area contributed by atoms with Gasteiger partial charge in [0.05, 0.1) is 19.7 Å². The third-order valence-corrected chi connectivity index (χ3v) is 3.40. The van der Waals surface area contributed by atoms with E-state index in [0.717, 1.165) is 31.7 Å². The second-order valence-electron chi connectivity index (χ2n) is 5.08. The number of ether oxygens (including phenoxy) is 1. The number of carboxylic acid groups (broad SMARTS) is 1. The van der Waals surface area contributed by atoms with Gasteiger partial charge in [0.15, 0.2) is 0 Å². The Bertz CT molecular complexity index is 430. The molecule has 130 valence electrons. The lowest BCUT2D eigenvalue weighted by Crippen LogP contribution is -2.49. The molecule has 1 aliphatic rings. The predicted molar refractivity (Wildman–Crippen MR) is 91.5 cm³/mol. The first kappa shape index (κ1) is 21.1. The van der Waals surface area contributed by atoms with Gasteiger partial charge in [-0.1, -0.05) is 25.5 Å². The third kappa shape index (κ3) is 7.79. The summed E-state index contributed by atoms with van der Waals surface area (Å²) in [4.78, 5) is 12.9. The number of hydrogen-bond donors (Lipinski definition) is 1. The number of nitrogens with zero attached hydrogens (tertiary/aromatic N) is 1. The highest BCUT2D eigenvalue weighted by Crippen LogP contribution is 2.20. The third-order valence-electron chi connectivity index (χ3n) is 3.40. The maximum absolute atomic E-state index is 10.7. The molecule has 0 unspecified atom stereocenters. The Balaban J connectivity index is 0.00000112. The zero-order valence-electron chi connectivity index (χ0n) is 14.1. The Hall–Kier alpha value is -1.88. The lowest BCUT2D eigenvalue weighted by atomic mass is 10.00. The van der Waals surface area contributed by atoms with Gasteiger partial charge in [0.1, 0.15) is 5.75 Å². The van der Waals surface area contributed by atoms with E-state index >= 15 is 0 Å². The predicted octanol–water partition coefficient (Wildman–Crippen LogP) is 3.77. The van der Waals surface area contributed by atoms with Crippen molar-refractivity contribution >= 4 is 5.97 Å². The summed E-state index contributed by atoms with van der Waals surface area (Å²) >= 11 is 0. The first-order chi connectivity index (χ1) is 11.2. The molecular formula is C18H28FNO3. The molecule has 1 aromatic rings. The number of benzene rings is 1. The lowest BCUT2D eigenvalue weighted by Gasteiger charge is -2.36. The monoisotopic (exact) mass is 325 g/mol. The van der Waals surface area contributed by atoms with E-state index in [2.05, 4.69) is 37.1 Å². The minimum absolute atomic E-state index is 0.184. The van der Waals surface area contributed by atoms with Crippen molar-refractivity contribution in [3.8, 4) is 5.75 Å². The number of hydrogen-bond acceptors (Lipinski definition) is 3. The van der Waals surface area contributed by atoms with E-state index in [4.69, 9.17) is 9.84 Å². The van der Waals surface area contributed by atoms with Crippen molar-refractivity contribution in [3.05, 3.63) is 43.0 Å². The molecule has 1 aliphatic heterocycles. The molecule has 1 aromatic carbocycles. The number of carbonyl (C=O) groups is 1.